The van der Waals surface area contributed by atoms with Crippen molar-refractivity contribution in [3.8, 4) is 0 Å². The Hall–Kier alpha value is -0.580. The van der Waals surface area contributed by atoms with Gasteiger partial charge in [-0.25, -0.2) is 0 Å². The number of hydrogen-bond acceptors (Lipinski definition) is 1. The first-order chi connectivity index (χ1) is 8.15. The zero-order valence-electron chi connectivity index (χ0n) is 10.1. The molecule has 1 N–H and O–H groups in total. The minimum absolute atomic E-state index is 0.0723. The van der Waals surface area contributed by atoms with Gasteiger partial charge in [0, 0.05) is 15.2 Å². The topological polar surface area (TPSA) is 29.1 Å². The molecule has 1 aliphatic rings. The Bertz CT molecular complexity index is 397. The van der Waals surface area contributed by atoms with Crippen molar-refractivity contribution in [2.45, 2.75) is 38.6 Å². The fourth-order valence-corrected chi connectivity index (χ4v) is 2.85. The molecule has 0 heterocycles. The summed E-state index contributed by atoms with van der Waals surface area (Å²) in [4.78, 5) is 12.0. The fourth-order valence-electron chi connectivity index (χ4n) is 2.30. The van der Waals surface area contributed by atoms with Crippen LogP contribution in [0.1, 0.15) is 43.0 Å². The molecule has 0 spiro atoms. The van der Waals surface area contributed by atoms with Crippen LogP contribution in [0, 0.1) is 9.49 Å². The van der Waals surface area contributed by atoms with Crippen molar-refractivity contribution >= 4 is 28.5 Å². The van der Waals surface area contributed by atoms with Gasteiger partial charge in [-0.15, -0.1) is 0 Å². The molecule has 0 atom stereocenters. The van der Waals surface area contributed by atoms with Crippen molar-refractivity contribution in [2.75, 3.05) is 0 Å². The van der Waals surface area contributed by atoms with Gasteiger partial charge in [0.1, 0.15) is 0 Å². The van der Waals surface area contributed by atoms with Crippen LogP contribution in [0.2, 0.25) is 0 Å². The smallest absolute Gasteiger partial charge is 0.251 e. The average Bonchev–Trinajstić information content (AvgIpc) is 2.32. The highest BCUT2D eigenvalue weighted by molar-refractivity contribution is 14.1. The molecule has 1 aromatic carbocycles. The van der Waals surface area contributed by atoms with Gasteiger partial charge in [0.05, 0.1) is 0 Å². The molecule has 92 valence electrons. The van der Waals surface area contributed by atoms with Crippen LogP contribution in [0.5, 0.6) is 0 Å². The third-order valence-electron chi connectivity index (χ3n) is 3.44. The Labute approximate surface area is 116 Å². The van der Waals surface area contributed by atoms with Gasteiger partial charge in [0.15, 0.2) is 0 Å². The lowest BCUT2D eigenvalue weighted by atomic mass is 9.87. The normalized spacial score (nSPS) is 24.4. The minimum atomic E-state index is 0.0723. The summed E-state index contributed by atoms with van der Waals surface area (Å²) >= 11 is 2.23. The van der Waals surface area contributed by atoms with Crippen LogP contribution in [0.4, 0.5) is 0 Å². The molecule has 1 fully saturated rings. The van der Waals surface area contributed by atoms with E-state index in [1.165, 1.54) is 12.8 Å². The Kier molecular flexibility index (Phi) is 4.42. The highest BCUT2D eigenvalue weighted by atomic mass is 127. The molecule has 0 aromatic heterocycles. The van der Waals surface area contributed by atoms with Crippen molar-refractivity contribution in [1.29, 1.82) is 0 Å². The van der Waals surface area contributed by atoms with E-state index in [0.29, 0.717) is 6.04 Å². The number of hydrogen-bond donors (Lipinski definition) is 1. The second-order valence-corrected chi connectivity index (χ2v) is 6.19. The summed E-state index contributed by atoms with van der Waals surface area (Å²) in [7, 11) is 0. The molecule has 1 saturated carbocycles. The summed E-state index contributed by atoms with van der Waals surface area (Å²) in [5, 5.41) is 3.14. The molecule has 17 heavy (non-hydrogen) atoms. The molecule has 2 rings (SSSR count). The van der Waals surface area contributed by atoms with Crippen molar-refractivity contribution in [1.82, 2.24) is 5.32 Å². The first-order valence-electron chi connectivity index (χ1n) is 6.21. The molecule has 1 aliphatic carbocycles. The summed E-state index contributed by atoms with van der Waals surface area (Å²) < 4.78 is 1.10. The third-order valence-corrected chi connectivity index (χ3v) is 4.11. The maximum absolute atomic E-state index is 12.0. The number of benzene rings is 1. The van der Waals surface area contributed by atoms with Gasteiger partial charge in [-0.1, -0.05) is 13.0 Å². The molecule has 3 heteroatoms. The molecule has 0 saturated heterocycles. The first-order valence-corrected chi connectivity index (χ1v) is 7.29. The summed E-state index contributed by atoms with van der Waals surface area (Å²) in [6.45, 7) is 2.29. The maximum atomic E-state index is 12.0. The van der Waals surface area contributed by atoms with Crippen molar-refractivity contribution in [3.05, 3.63) is 33.4 Å². The Morgan fingerprint density at radius 2 is 2.00 bits per heavy atom. The van der Waals surface area contributed by atoms with Gasteiger partial charge < -0.3 is 5.32 Å². The largest absolute Gasteiger partial charge is 0.349 e. The summed E-state index contributed by atoms with van der Waals surface area (Å²) in [5.74, 6) is 0.892. The van der Waals surface area contributed by atoms with Crippen LogP contribution in [-0.2, 0) is 0 Å². The van der Waals surface area contributed by atoms with E-state index in [1.54, 1.807) is 0 Å². The quantitative estimate of drug-likeness (QED) is 0.817. The van der Waals surface area contributed by atoms with Crippen LogP contribution in [0.3, 0.4) is 0 Å². The lowest BCUT2D eigenvalue weighted by Gasteiger charge is -2.26. The maximum Gasteiger partial charge on any atom is 0.251 e. The Balaban J connectivity index is 1.93. The minimum Gasteiger partial charge on any atom is -0.349 e. The average molecular weight is 343 g/mol. The summed E-state index contributed by atoms with van der Waals surface area (Å²) in [5.41, 5.74) is 0.774. The van der Waals surface area contributed by atoms with E-state index in [0.717, 1.165) is 27.9 Å². The highest BCUT2D eigenvalue weighted by Gasteiger charge is 2.20. The second kappa shape index (κ2) is 5.85. The van der Waals surface area contributed by atoms with Crippen LogP contribution in [0.25, 0.3) is 0 Å². The molecule has 1 amide bonds. The Morgan fingerprint density at radius 3 is 2.65 bits per heavy atom. The van der Waals surface area contributed by atoms with Crippen LogP contribution < -0.4 is 5.32 Å². The first kappa shape index (κ1) is 12.9. The van der Waals surface area contributed by atoms with Crippen molar-refractivity contribution in [2.24, 2.45) is 5.92 Å². The number of amides is 1. The number of rotatable bonds is 2. The van der Waals surface area contributed by atoms with Crippen LogP contribution >= 0.6 is 22.6 Å². The van der Waals surface area contributed by atoms with E-state index in [4.69, 9.17) is 0 Å². The fraction of sp³-hybridized carbons (Fsp3) is 0.500. The number of carbonyl (C=O) groups excluding carboxylic acids is 1. The van der Waals surface area contributed by atoms with Crippen molar-refractivity contribution < 1.29 is 4.79 Å². The number of carbonyl (C=O) groups is 1. The molecule has 0 bridgehead atoms. The third kappa shape index (κ3) is 3.69. The number of halogens is 1. The predicted octanol–water partition coefficient (Wildman–Crippen LogP) is 3.60. The zero-order valence-corrected chi connectivity index (χ0v) is 12.2. The van der Waals surface area contributed by atoms with E-state index in [2.05, 4.69) is 34.8 Å². The van der Waals surface area contributed by atoms with Gasteiger partial charge in [0.25, 0.3) is 5.91 Å². The molecular formula is C14H18INO. The standard InChI is InChI=1S/C14H18INO/c1-10-5-7-13(8-6-10)16-14(17)11-3-2-4-12(15)9-11/h2-4,9-10,13H,5-8H2,1H3,(H,16,17). The molecule has 1 aromatic rings. The summed E-state index contributed by atoms with van der Waals surface area (Å²) in [6.07, 6.45) is 4.71. The van der Waals surface area contributed by atoms with E-state index < -0.39 is 0 Å². The Morgan fingerprint density at radius 1 is 1.29 bits per heavy atom. The number of nitrogens with one attached hydrogen (secondary N) is 1. The van der Waals surface area contributed by atoms with E-state index in [1.807, 2.05) is 24.3 Å². The van der Waals surface area contributed by atoms with E-state index in [9.17, 15) is 4.79 Å². The molecule has 2 nitrogen and oxygen atoms in total. The molecule has 0 unspecified atom stereocenters. The molecule has 0 radical (unpaired) electrons. The van der Waals surface area contributed by atoms with Gasteiger partial charge in [-0.3, -0.25) is 4.79 Å². The SMILES string of the molecule is CC1CCC(NC(=O)c2cccc(I)c2)CC1. The van der Waals surface area contributed by atoms with Crippen LogP contribution in [-0.4, -0.2) is 11.9 Å². The lowest BCUT2D eigenvalue weighted by molar-refractivity contribution is 0.0923. The van der Waals surface area contributed by atoms with E-state index >= 15 is 0 Å². The predicted molar refractivity (Wildman–Crippen MR) is 78.0 cm³/mol. The van der Waals surface area contributed by atoms with Gasteiger partial charge in [0.2, 0.25) is 0 Å². The summed E-state index contributed by atoms with van der Waals surface area (Å²) in [6, 6.07) is 8.11. The monoisotopic (exact) mass is 343 g/mol. The van der Waals surface area contributed by atoms with Gasteiger partial charge in [-0.05, 0) is 72.4 Å². The molecular weight excluding hydrogens is 325 g/mol. The van der Waals surface area contributed by atoms with Crippen LogP contribution in [0.15, 0.2) is 24.3 Å². The highest BCUT2D eigenvalue weighted by Crippen LogP contribution is 2.23. The lowest BCUT2D eigenvalue weighted by Crippen LogP contribution is -2.37. The van der Waals surface area contributed by atoms with Crippen molar-refractivity contribution in [3.63, 3.8) is 0 Å². The molecule has 0 aliphatic heterocycles. The second-order valence-electron chi connectivity index (χ2n) is 4.94. The van der Waals surface area contributed by atoms with Gasteiger partial charge >= 0.3 is 0 Å². The zero-order chi connectivity index (χ0) is 12.3. The van der Waals surface area contributed by atoms with E-state index in [-0.39, 0.29) is 5.91 Å². The van der Waals surface area contributed by atoms with Gasteiger partial charge in [-0.2, -0.15) is 0 Å².